The van der Waals surface area contributed by atoms with E-state index in [0.717, 1.165) is 10.9 Å². The molecule has 0 aliphatic rings. The lowest BCUT2D eigenvalue weighted by Crippen LogP contribution is -1.97. The fourth-order valence-corrected chi connectivity index (χ4v) is 3.19. The molecule has 2 aromatic heterocycles. The first-order chi connectivity index (χ1) is 9.60. The van der Waals surface area contributed by atoms with Gasteiger partial charge in [0.2, 0.25) is 5.78 Å². The van der Waals surface area contributed by atoms with Crippen LogP contribution in [0.15, 0.2) is 35.8 Å². The Morgan fingerprint density at radius 2 is 2.15 bits per heavy atom. The zero-order valence-corrected chi connectivity index (χ0v) is 12.6. The van der Waals surface area contributed by atoms with E-state index in [4.69, 9.17) is 16.3 Å². The molecule has 0 saturated carbocycles. The SMILES string of the molecule is COc1csc(C(=O)c2cn(C)c3cc(Cl)ccc23)c1. The first-order valence-corrected chi connectivity index (χ1v) is 7.27. The molecule has 0 bridgehead atoms. The van der Waals surface area contributed by atoms with E-state index in [2.05, 4.69) is 0 Å². The summed E-state index contributed by atoms with van der Waals surface area (Å²) in [5.74, 6) is 0.716. The predicted octanol–water partition coefficient (Wildman–Crippen LogP) is 4.13. The highest BCUT2D eigenvalue weighted by Gasteiger charge is 2.17. The second kappa shape index (κ2) is 4.96. The van der Waals surface area contributed by atoms with Crippen molar-refractivity contribution in [3.05, 3.63) is 51.3 Å². The van der Waals surface area contributed by atoms with Gasteiger partial charge in [-0.25, -0.2) is 0 Å². The lowest BCUT2D eigenvalue weighted by atomic mass is 10.1. The number of benzene rings is 1. The number of hydrogen-bond acceptors (Lipinski definition) is 3. The van der Waals surface area contributed by atoms with Crippen LogP contribution in [0.25, 0.3) is 10.9 Å². The molecule has 0 unspecified atom stereocenters. The molecule has 102 valence electrons. The van der Waals surface area contributed by atoms with Gasteiger partial charge in [0.25, 0.3) is 0 Å². The molecule has 0 N–H and O–H groups in total. The monoisotopic (exact) mass is 305 g/mol. The van der Waals surface area contributed by atoms with E-state index in [9.17, 15) is 4.79 Å². The summed E-state index contributed by atoms with van der Waals surface area (Å²) in [7, 11) is 3.50. The third-order valence-corrected chi connectivity index (χ3v) is 4.37. The summed E-state index contributed by atoms with van der Waals surface area (Å²) in [5.41, 5.74) is 1.63. The standard InChI is InChI=1S/C15H12ClNO2S/c1-17-7-12(11-4-3-9(16)5-13(11)17)15(18)14-6-10(19-2)8-20-14/h3-8H,1-2H3. The van der Waals surface area contributed by atoms with Crippen molar-refractivity contribution in [1.82, 2.24) is 4.57 Å². The van der Waals surface area contributed by atoms with Crippen molar-refractivity contribution in [2.75, 3.05) is 7.11 Å². The van der Waals surface area contributed by atoms with Gasteiger partial charge in [0.05, 0.1) is 12.0 Å². The van der Waals surface area contributed by atoms with E-state index in [-0.39, 0.29) is 5.78 Å². The molecule has 1 aromatic carbocycles. The van der Waals surface area contributed by atoms with Gasteiger partial charge in [-0.15, -0.1) is 11.3 Å². The fourth-order valence-electron chi connectivity index (χ4n) is 2.22. The lowest BCUT2D eigenvalue weighted by molar-refractivity contribution is 0.104. The largest absolute Gasteiger partial charge is 0.496 e. The van der Waals surface area contributed by atoms with E-state index in [1.54, 1.807) is 19.2 Å². The molecule has 3 rings (SSSR count). The number of nitrogens with zero attached hydrogens (tertiary/aromatic N) is 1. The summed E-state index contributed by atoms with van der Waals surface area (Å²) in [6, 6.07) is 7.32. The van der Waals surface area contributed by atoms with Crippen molar-refractivity contribution in [1.29, 1.82) is 0 Å². The third-order valence-electron chi connectivity index (χ3n) is 3.23. The summed E-state index contributed by atoms with van der Waals surface area (Å²) in [4.78, 5) is 13.3. The number of carbonyl (C=O) groups excluding carboxylic acids is 1. The Labute approximate surface area is 125 Å². The minimum atomic E-state index is 0.00576. The van der Waals surface area contributed by atoms with Crippen LogP contribution < -0.4 is 4.74 Å². The average Bonchev–Trinajstić information content (AvgIpc) is 3.03. The van der Waals surface area contributed by atoms with Gasteiger partial charge in [0.1, 0.15) is 5.75 Å². The molecule has 0 aliphatic carbocycles. The number of methoxy groups -OCH3 is 1. The number of ketones is 1. The Morgan fingerprint density at radius 3 is 2.85 bits per heavy atom. The number of halogens is 1. The molecular weight excluding hydrogens is 294 g/mol. The van der Waals surface area contributed by atoms with Crippen LogP contribution in [0.2, 0.25) is 5.02 Å². The van der Waals surface area contributed by atoms with Crippen LogP contribution in [0.4, 0.5) is 0 Å². The normalized spacial score (nSPS) is 10.9. The maximum absolute atomic E-state index is 12.6. The zero-order valence-electron chi connectivity index (χ0n) is 11.0. The first-order valence-electron chi connectivity index (χ1n) is 6.02. The molecule has 0 saturated heterocycles. The lowest BCUT2D eigenvalue weighted by Gasteiger charge is -1.97. The third kappa shape index (κ3) is 2.11. The average molecular weight is 306 g/mol. The fraction of sp³-hybridized carbons (Fsp3) is 0.133. The summed E-state index contributed by atoms with van der Waals surface area (Å²) in [6.45, 7) is 0. The van der Waals surface area contributed by atoms with Crippen LogP contribution in [-0.4, -0.2) is 17.5 Å². The van der Waals surface area contributed by atoms with Gasteiger partial charge in [0.15, 0.2) is 0 Å². The summed E-state index contributed by atoms with van der Waals surface area (Å²) in [5, 5.41) is 3.40. The molecule has 3 nitrogen and oxygen atoms in total. The summed E-state index contributed by atoms with van der Waals surface area (Å²) in [6.07, 6.45) is 1.84. The van der Waals surface area contributed by atoms with E-state index in [1.807, 2.05) is 35.3 Å². The predicted molar refractivity (Wildman–Crippen MR) is 82.2 cm³/mol. The number of carbonyl (C=O) groups is 1. The van der Waals surface area contributed by atoms with E-state index in [0.29, 0.717) is 21.2 Å². The van der Waals surface area contributed by atoms with Crippen LogP contribution in [0.5, 0.6) is 5.75 Å². The number of hydrogen-bond donors (Lipinski definition) is 0. The van der Waals surface area contributed by atoms with E-state index >= 15 is 0 Å². The highest BCUT2D eigenvalue weighted by Crippen LogP contribution is 2.29. The van der Waals surface area contributed by atoms with Gasteiger partial charge < -0.3 is 9.30 Å². The molecule has 0 spiro atoms. The highest BCUT2D eigenvalue weighted by molar-refractivity contribution is 7.12. The number of rotatable bonds is 3. The van der Waals surface area contributed by atoms with Gasteiger partial charge in [-0.3, -0.25) is 4.79 Å². The Balaban J connectivity index is 2.12. The molecule has 20 heavy (non-hydrogen) atoms. The Bertz CT molecular complexity index is 803. The first kappa shape index (κ1) is 13.2. The maximum atomic E-state index is 12.6. The molecule has 5 heteroatoms. The minimum absolute atomic E-state index is 0.00576. The Morgan fingerprint density at radius 1 is 1.35 bits per heavy atom. The van der Waals surface area contributed by atoms with E-state index in [1.165, 1.54) is 11.3 Å². The van der Waals surface area contributed by atoms with Gasteiger partial charge in [-0.2, -0.15) is 0 Å². The Kier molecular flexibility index (Phi) is 3.28. The summed E-state index contributed by atoms with van der Waals surface area (Å²) < 4.78 is 7.04. The molecule has 2 heterocycles. The van der Waals surface area contributed by atoms with Gasteiger partial charge in [0, 0.05) is 46.2 Å². The van der Waals surface area contributed by atoms with Gasteiger partial charge in [-0.05, 0) is 12.1 Å². The molecule has 0 radical (unpaired) electrons. The van der Waals surface area contributed by atoms with Crippen molar-refractivity contribution in [3.8, 4) is 5.75 Å². The van der Waals surface area contributed by atoms with Crippen LogP contribution in [0.1, 0.15) is 15.2 Å². The second-order valence-corrected chi connectivity index (χ2v) is 5.84. The number of aryl methyl sites for hydroxylation is 1. The maximum Gasteiger partial charge on any atom is 0.205 e. The number of thiophene rings is 1. The second-order valence-electron chi connectivity index (χ2n) is 4.50. The van der Waals surface area contributed by atoms with Crippen molar-refractivity contribution < 1.29 is 9.53 Å². The number of aromatic nitrogens is 1. The van der Waals surface area contributed by atoms with Crippen molar-refractivity contribution >= 4 is 39.6 Å². The van der Waals surface area contributed by atoms with Crippen LogP contribution in [-0.2, 0) is 7.05 Å². The molecular formula is C15H12ClNO2S. The highest BCUT2D eigenvalue weighted by atomic mass is 35.5. The summed E-state index contributed by atoms with van der Waals surface area (Å²) >= 11 is 7.39. The van der Waals surface area contributed by atoms with Crippen molar-refractivity contribution in [2.24, 2.45) is 7.05 Å². The quantitative estimate of drug-likeness (QED) is 0.681. The topological polar surface area (TPSA) is 31.2 Å². The number of ether oxygens (including phenoxy) is 1. The van der Waals surface area contributed by atoms with Crippen LogP contribution in [0, 0.1) is 0 Å². The van der Waals surface area contributed by atoms with Crippen molar-refractivity contribution in [3.63, 3.8) is 0 Å². The van der Waals surface area contributed by atoms with Crippen molar-refractivity contribution in [2.45, 2.75) is 0 Å². The van der Waals surface area contributed by atoms with Crippen LogP contribution >= 0.6 is 22.9 Å². The number of fused-ring (bicyclic) bond motifs is 1. The smallest absolute Gasteiger partial charge is 0.205 e. The van der Waals surface area contributed by atoms with E-state index < -0.39 is 0 Å². The minimum Gasteiger partial charge on any atom is -0.496 e. The van der Waals surface area contributed by atoms with Crippen LogP contribution in [0.3, 0.4) is 0 Å². The molecule has 0 fully saturated rings. The Hall–Kier alpha value is -1.78. The van der Waals surface area contributed by atoms with Gasteiger partial charge >= 0.3 is 0 Å². The molecule has 3 aromatic rings. The molecule has 0 amide bonds. The molecule has 0 aliphatic heterocycles. The zero-order chi connectivity index (χ0) is 14.3. The van der Waals surface area contributed by atoms with Gasteiger partial charge in [-0.1, -0.05) is 17.7 Å². The molecule has 0 atom stereocenters.